The lowest BCUT2D eigenvalue weighted by molar-refractivity contribution is 0.153. The predicted octanol–water partition coefficient (Wildman–Crippen LogP) is 3.40. The molecule has 0 fully saturated rings. The second-order valence-electron chi connectivity index (χ2n) is 5.60. The van der Waals surface area contributed by atoms with Crippen molar-refractivity contribution in [1.29, 1.82) is 0 Å². The lowest BCUT2D eigenvalue weighted by Gasteiger charge is -2.31. The standard InChI is InChI=1S/C18H21NO2/c1-12-3-6-14(7-4-12)21-17-10-5-13-11-15(20-2)8-9-16(13)18(17)19/h3-4,6-9,11,17-18H,5,10,19H2,1-2H3. The van der Waals surface area contributed by atoms with Crippen LogP contribution in [0.15, 0.2) is 42.5 Å². The zero-order chi connectivity index (χ0) is 14.8. The van der Waals surface area contributed by atoms with E-state index in [0.29, 0.717) is 0 Å². The molecule has 1 aliphatic rings. The van der Waals surface area contributed by atoms with E-state index in [1.54, 1.807) is 7.11 Å². The Bertz CT molecular complexity index is 622. The number of methoxy groups -OCH3 is 1. The molecule has 110 valence electrons. The summed E-state index contributed by atoms with van der Waals surface area (Å²) in [6.45, 7) is 2.07. The Hall–Kier alpha value is -2.00. The summed E-state index contributed by atoms with van der Waals surface area (Å²) in [6, 6.07) is 14.1. The largest absolute Gasteiger partial charge is 0.497 e. The van der Waals surface area contributed by atoms with Gasteiger partial charge in [0.25, 0.3) is 0 Å². The molecule has 21 heavy (non-hydrogen) atoms. The Morgan fingerprint density at radius 3 is 2.48 bits per heavy atom. The first-order valence-electron chi connectivity index (χ1n) is 7.33. The molecule has 3 rings (SSSR count). The molecule has 2 aromatic rings. The number of rotatable bonds is 3. The van der Waals surface area contributed by atoms with Crippen LogP contribution in [0.2, 0.25) is 0 Å². The van der Waals surface area contributed by atoms with E-state index in [1.807, 2.05) is 18.2 Å². The van der Waals surface area contributed by atoms with Crippen molar-refractivity contribution >= 4 is 0 Å². The number of aryl methyl sites for hydroxylation is 2. The summed E-state index contributed by atoms with van der Waals surface area (Å²) in [5.41, 5.74) is 10.1. The zero-order valence-corrected chi connectivity index (χ0v) is 12.5. The molecule has 1 aliphatic carbocycles. The van der Waals surface area contributed by atoms with E-state index in [4.69, 9.17) is 15.2 Å². The minimum Gasteiger partial charge on any atom is -0.497 e. The van der Waals surface area contributed by atoms with E-state index in [-0.39, 0.29) is 12.1 Å². The van der Waals surface area contributed by atoms with Gasteiger partial charge in [-0.2, -0.15) is 0 Å². The van der Waals surface area contributed by atoms with Crippen LogP contribution in [0.4, 0.5) is 0 Å². The van der Waals surface area contributed by atoms with Crippen LogP contribution in [0.5, 0.6) is 11.5 Å². The van der Waals surface area contributed by atoms with E-state index in [0.717, 1.165) is 24.3 Å². The average Bonchev–Trinajstić information content (AvgIpc) is 2.52. The number of hydrogen-bond acceptors (Lipinski definition) is 3. The van der Waals surface area contributed by atoms with Gasteiger partial charge < -0.3 is 15.2 Å². The van der Waals surface area contributed by atoms with E-state index in [9.17, 15) is 0 Å². The fraction of sp³-hybridized carbons (Fsp3) is 0.333. The quantitative estimate of drug-likeness (QED) is 0.939. The third-order valence-corrected chi connectivity index (χ3v) is 4.12. The molecular weight excluding hydrogens is 262 g/mol. The molecule has 0 bridgehead atoms. The summed E-state index contributed by atoms with van der Waals surface area (Å²) in [6.07, 6.45) is 1.92. The van der Waals surface area contributed by atoms with E-state index >= 15 is 0 Å². The maximum Gasteiger partial charge on any atom is 0.119 e. The Morgan fingerprint density at radius 1 is 1.05 bits per heavy atom. The Kier molecular flexibility index (Phi) is 3.84. The first-order chi connectivity index (χ1) is 10.2. The molecule has 3 heteroatoms. The summed E-state index contributed by atoms with van der Waals surface area (Å²) in [5.74, 6) is 1.77. The van der Waals surface area contributed by atoms with Gasteiger partial charge in [-0.05, 0) is 55.2 Å². The summed E-state index contributed by atoms with van der Waals surface area (Å²) in [5, 5.41) is 0. The van der Waals surface area contributed by atoms with Gasteiger partial charge in [0, 0.05) is 0 Å². The molecular formula is C18H21NO2. The van der Waals surface area contributed by atoms with Gasteiger partial charge in [0.1, 0.15) is 17.6 Å². The molecule has 0 saturated carbocycles. The molecule has 0 saturated heterocycles. The number of fused-ring (bicyclic) bond motifs is 1. The monoisotopic (exact) mass is 283 g/mol. The Morgan fingerprint density at radius 2 is 1.76 bits per heavy atom. The zero-order valence-electron chi connectivity index (χ0n) is 12.5. The number of benzene rings is 2. The Labute approximate surface area is 125 Å². The molecule has 2 aromatic carbocycles. The van der Waals surface area contributed by atoms with Gasteiger partial charge in [0.15, 0.2) is 0 Å². The van der Waals surface area contributed by atoms with Gasteiger partial charge >= 0.3 is 0 Å². The smallest absolute Gasteiger partial charge is 0.119 e. The fourth-order valence-corrected chi connectivity index (χ4v) is 2.85. The fourth-order valence-electron chi connectivity index (χ4n) is 2.85. The molecule has 0 spiro atoms. The molecule has 2 atom stereocenters. The van der Waals surface area contributed by atoms with Gasteiger partial charge in [0.2, 0.25) is 0 Å². The minimum atomic E-state index is -0.0963. The Balaban J connectivity index is 1.78. The molecule has 3 nitrogen and oxygen atoms in total. The molecule has 0 heterocycles. The average molecular weight is 283 g/mol. The number of hydrogen-bond donors (Lipinski definition) is 1. The molecule has 2 unspecified atom stereocenters. The molecule has 0 radical (unpaired) electrons. The molecule has 2 N–H and O–H groups in total. The van der Waals surface area contributed by atoms with Crippen molar-refractivity contribution in [2.45, 2.75) is 31.9 Å². The molecule has 0 aliphatic heterocycles. The van der Waals surface area contributed by atoms with Crippen LogP contribution >= 0.6 is 0 Å². The van der Waals surface area contributed by atoms with Crippen molar-refractivity contribution in [3.8, 4) is 11.5 Å². The van der Waals surface area contributed by atoms with E-state index in [1.165, 1.54) is 16.7 Å². The van der Waals surface area contributed by atoms with Crippen LogP contribution in [0.1, 0.15) is 29.2 Å². The van der Waals surface area contributed by atoms with E-state index < -0.39 is 0 Å². The van der Waals surface area contributed by atoms with Crippen LogP contribution in [-0.2, 0) is 6.42 Å². The van der Waals surface area contributed by atoms with E-state index in [2.05, 4.69) is 31.2 Å². The normalized spacial score (nSPS) is 20.7. The maximum atomic E-state index is 6.39. The number of nitrogens with two attached hydrogens (primary N) is 1. The van der Waals surface area contributed by atoms with Gasteiger partial charge in [-0.1, -0.05) is 23.8 Å². The highest BCUT2D eigenvalue weighted by Gasteiger charge is 2.28. The topological polar surface area (TPSA) is 44.5 Å². The third kappa shape index (κ3) is 2.88. The third-order valence-electron chi connectivity index (χ3n) is 4.12. The van der Waals surface area contributed by atoms with Crippen molar-refractivity contribution in [1.82, 2.24) is 0 Å². The second-order valence-corrected chi connectivity index (χ2v) is 5.60. The van der Waals surface area contributed by atoms with Crippen LogP contribution in [0.3, 0.4) is 0 Å². The summed E-state index contributed by atoms with van der Waals surface area (Å²) >= 11 is 0. The van der Waals surface area contributed by atoms with Gasteiger partial charge in [-0.3, -0.25) is 0 Å². The maximum absolute atomic E-state index is 6.39. The molecule has 0 aromatic heterocycles. The van der Waals surface area contributed by atoms with Crippen LogP contribution < -0.4 is 15.2 Å². The van der Waals surface area contributed by atoms with Gasteiger partial charge in [-0.15, -0.1) is 0 Å². The molecule has 0 amide bonds. The second kappa shape index (κ2) is 5.78. The van der Waals surface area contributed by atoms with Crippen molar-refractivity contribution < 1.29 is 9.47 Å². The van der Waals surface area contributed by atoms with Crippen molar-refractivity contribution in [2.24, 2.45) is 5.73 Å². The number of ether oxygens (including phenoxy) is 2. The highest BCUT2D eigenvalue weighted by atomic mass is 16.5. The summed E-state index contributed by atoms with van der Waals surface area (Å²) < 4.78 is 11.4. The van der Waals surface area contributed by atoms with Crippen LogP contribution in [0, 0.1) is 6.92 Å². The lowest BCUT2D eigenvalue weighted by atomic mass is 9.86. The van der Waals surface area contributed by atoms with Crippen molar-refractivity contribution in [3.63, 3.8) is 0 Å². The highest BCUT2D eigenvalue weighted by molar-refractivity contribution is 5.40. The van der Waals surface area contributed by atoms with Crippen LogP contribution in [-0.4, -0.2) is 13.2 Å². The summed E-state index contributed by atoms with van der Waals surface area (Å²) in [7, 11) is 1.69. The van der Waals surface area contributed by atoms with Crippen molar-refractivity contribution in [2.75, 3.05) is 7.11 Å². The van der Waals surface area contributed by atoms with Crippen molar-refractivity contribution in [3.05, 3.63) is 59.2 Å². The first-order valence-corrected chi connectivity index (χ1v) is 7.33. The first kappa shape index (κ1) is 14.0. The minimum absolute atomic E-state index is 0.0219. The summed E-state index contributed by atoms with van der Waals surface area (Å²) in [4.78, 5) is 0. The SMILES string of the molecule is COc1ccc2c(c1)CCC(Oc1ccc(C)cc1)C2N. The van der Waals surface area contributed by atoms with Gasteiger partial charge in [0.05, 0.1) is 13.2 Å². The van der Waals surface area contributed by atoms with Gasteiger partial charge in [-0.25, -0.2) is 0 Å². The predicted molar refractivity (Wildman–Crippen MR) is 83.8 cm³/mol. The lowest BCUT2D eigenvalue weighted by Crippen LogP contribution is -2.35. The highest BCUT2D eigenvalue weighted by Crippen LogP contribution is 2.33. The van der Waals surface area contributed by atoms with Crippen LogP contribution in [0.25, 0.3) is 0 Å².